The summed E-state index contributed by atoms with van der Waals surface area (Å²) in [6.07, 6.45) is -1.58. The zero-order valence-electron chi connectivity index (χ0n) is 12.6. The highest BCUT2D eigenvalue weighted by molar-refractivity contribution is 7.53. The molecule has 124 valence electrons. The van der Waals surface area contributed by atoms with E-state index in [2.05, 4.69) is 5.32 Å². The summed E-state index contributed by atoms with van der Waals surface area (Å²) in [5.74, 6) is -1.25. The van der Waals surface area contributed by atoms with Crippen LogP contribution in [0.25, 0.3) is 0 Å². The molecular weight excluding hydrogens is 309 g/mol. The van der Waals surface area contributed by atoms with Crippen LogP contribution >= 0.6 is 7.60 Å². The van der Waals surface area contributed by atoms with Gasteiger partial charge in [-0.25, -0.2) is 0 Å². The maximum atomic E-state index is 12.3. The van der Waals surface area contributed by atoms with Gasteiger partial charge in [-0.15, -0.1) is 0 Å². The first-order valence-corrected chi connectivity index (χ1v) is 8.73. The molecule has 0 aliphatic heterocycles. The Hall–Kier alpha value is -1.24. The minimum Gasteiger partial charge on any atom is -0.480 e. The zero-order valence-corrected chi connectivity index (χ0v) is 13.5. The van der Waals surface area contributed by atoms with Crippen molar-refractivity contribution in [2.24, 2.45) is 0 Å². The van der Waals surface area contributed by atoms with Crippen molar-refractivity contribution in [3.63, 3.8) is 0 Å². The van der Waals surface area contributed by atoms with E-state index in [4.69, 9.17) is 9.05 Å². The quantitative estimate of drug-likeness (QED) is 0.563. The lowest BCUT2D eigenvalue weighted by atomic mass is 10.0. The van der Waals surface area contributed by atoms with Gasteiger partial charge in [0.1, 0.15) is 12.1 Å². The van der Waals surface area contributed by atoms with Crippen molar-refractivity contribution in [1.29, 1.82) is 0 Å². The molecule has 0 heterocycles. The number of hydrogen-bond acceptors (Lipinski definition) is 6. The average molecular weight is 331 g/mol. The molecule has 0 saturated heterocycles. The first-order chi connectivity index (χ1) is 10.4. The molecule has 0 aliphatic carbocycles. The number of carboxylic acids is 1. The van der Waals surface area contributed by atoms with Crippen molar-refractivity contribution in [3.8, 4) is 0 Å². The Kier molecular flexibility index (Phi) is 7.72. The molecule has 0 radical (unpaired) electrons. The van der Waals surface area contributed by atoms with Crippen LogP contribution in [0.2, 0.25) is 0 Å². The fraction of sp³-hybridized carbons (Fsp3) is 0.500. The number of aliphatic hydroxyl groups is 1. The standard InChI is InChI=1S/C14H22NO6P/c1-3-20-22(19,21-4-2)10-15-12(14(17)18)13(16)11-8-6-5-7-9-11/h5-9,12-13,15-16H,3-4,10H2,1-2H3,(H,17,18)/t12-,13?/m0/s1. The molecule has 0 amide bonds. The van der Waals surface area contributed by atoms with Gasteiger partial charge in [-0.05, 0) is 19.4 Å². The summed E-state index contributed by atoms with van der Waals surface area (Å²) in [6.45, 7) is 3.69. The Balaban J connectivity index is 2.80. The van der Waals surface area contributed by atoms with E-state index < -0.39 is 25.7 Å². The summed E-state index contributed by atoms with van der Waals surface area (Å²) >= 11 is 0. The second kappa shape index (κ2) is 9.02. The molecule has 7 nitrogen and oxygen atoms in total. The van der Waals surface area contributed by atoms with E-state index in [0.717, 1.165) is 0 Å². The van der Waals surface area contributed by atoms with Crippen molar-refractivity contribution >= 4 is 13.6 Å². The molecule has 1 aromatic carbocycles. The van der Waals surface area contributed by atoms with Gasteiger partial charge in [-0.2, -0.15) is 0 Å². The molecule has 1 aromatic rings. The van der Waals surface area contributed by atoms with Crippen molar-refractivity contribution in [3.05, 3.63) is 35.9 Å². The van der Waals surface area contributed by atoms with Crippen LogP contribution in [0.3, 0.4) is 0 Å². The summed E-state index contributed by atoms with van der Waals surface area (Å²) in [5.41, 5.74) is 0.449. The summed E-state index contributed by atoms with van der Waals surface area (Å²) < 4.78 is 22.5. The third-order valence-corrected chi connectivity index (χ3v) is 4.75. The predicted molar refractivity (Wildman–Crippen MR) is 81.7 cm³/mol. The van der Waals surface area contributed by atoms with Gasteiger partial charge in [0.15, 0.2) is 0 Å². The molecule has 0 aliphatic rings. The van der Waals surface area contributed by atoms with Gasteiger partial charge in [0.2, 0.25) is 0 Å². The monoisotopic (exact) mass is 331 g/mol. The van der Waals surface area contributed by atoms with Crippen molar-refractivity contribution in [2.45, 2.75) is 26.0 Å². The van der Waals surface area contributed by atoms with Crippen LogP contribution in [0.4, 0.5) is 0 Å². The number of carboxylic acid groups (broad SMARTS) is 1. The van der Waals surface area contributed by atoms with Gasteiger partial charge >= 0.3 is 13.6 Å². The maximum absolute atomic E-state index is 12.3. The second-order valence-electron chi connectivity index (χ2n) is 4.48. The normalized spacial score (nSPS) is 14.5. The Bertz CT molecular complexity index is 499. The smallest absolute Gasteiger partial charge is 0.344 e. The third kappa shape index (κ3) is 5.51. The second-order valence-corrected chi connectivity index (χ2v) is 6.53. The van der Waals surface area contributed by atoms with Gasteiger partial charge < -0.3 is 19.3 Å². The molecule has 22 heavy (non-hydrogen) atoms. The third-order valence-electron chi connectivity index (χ3n) is 2.88. The Morgan fingerprint density at radius 1 is 1.23 bits per heavy atom. The van der Waals surface area contributed by atoms with Gasteiger partial charge in [0.05, 0.1) is 19.5 Å². The van der Waals surface area contributed by atoms with E-state index >= 15 is 0 Å². The van der Waals surface area contributed by atoms with Crippen molar-refractivity contribution in [2.75, 3.05) is 19.5 Å². The van der Waals surface area contributed by atoms with Crippen LogP contribution in [-0.2, 0) is 18.4 Å². The minimum absolute atomic E-state index is 0.179. The lowest BCUT2D eigenvalue weighted by Crippen LogP contribution is -2.42. The molecule has 0 spiro atoms. The number of aliphatic hydroxyl groups excluding tert-OH is 1. The van der Waals surface area contributed by atoms with E-state index in [1.54, 1.807) is 44.2 Å². The van der Waals surface area contributed by atoms with Crippen molar-refractivity contribution < 1.29 is 28.6 Å². The Labute approximate surface area is 129 Å². The number of carbonyl (C=O) groups is 1. The zero-order chi connectivity index (χ0) is 16.6. The van der Waals surface area contributed by atoms with Crippen molar-refractivity contribution in [1.82, 2.24) is 5.32 Å². The summed E-state index contributed by atoms with van der Waals surface area (Å²) in [6, 6.07) is 7.07. The highest BCUT2D eigenvalue weighted by Crippen LogP contribution is 2.46. The maximum Gasteiger partial charge on any atom is 0.344 e. The highest BCUT2D eigenvalue weighted by atomic mass is 31.2. The molecule has 0 aromatic heterocycles. The lowest BCUT2D eigenvalue weighted by Gasteiger charge is -2.23. The van der Waals surface area contributed by atoms with Crippen LogP contribution in [0.1, 0.15) is 25.5 Å². The molecule has 1 rings (SSSR count). The first-order valence-electron chi connectivity index (χ1n) is 7.01. The fourth-order valence-corrected chi connectivity index (χ4v) is 3.37. The minimum atomic E-state index is -3.43. The van der Waals surface area contributed by atoms with Gasteiger partial charge in [-0.3, -0.25) is 14.7 Å². The highest BCUT2D eigenvalue weighted by Gasteiger charge is 2.32. The van der Waals surface area contributed by atoms with Crippen LogP contribution in [-0.4, -0.2) is 41.7 Å². The molecule has 1 unspecified atom stereocenters. The largest absolute Gasteiger partial charge is 0.480 e. The van der Waals surface area contributed by atoms with Crippen LogP contribution in [0, 0.1) is 0 Å². The van der Waals surface area contributed by atoms with Gasteiger partial charge in [-0.1, -0.05) is 30.3 Å². The van der Waals surface area contributed by atoms with E-state index in [1.807, 2.05) is 0 Å². The number of nitrogens with one attached hydrogen (secondary N) is 1. The van der Waals surface area contributed by atoms with E-state index in [0.29, 0.717) is 5.56 Å². The first kappa shape index (κ1) is 18.8. The Morgan fingerprint density at radius 3 is 2.23 bits per heavy atom. The molecular formula is C14H22NO6P. The molecule has 0 fully saturated rings. The van der Waals surface area contributed by atoms with Crippen LogP contribution in [0.15, 0.2) is 30.3 Å². The molecule has 8 heteroatoms. The lowest BCUT2D eigenvalue weighted by molar-refractivity contribution is -0.142. The molecule has 3 N–H and O–H groups in total. The molecule has 0 bridgehead atoms. The number of rotatable bonds is 10. The number of hydrogen-bond donors (Lipinski definition) is 3. The van der Waals surface area contributed by atoms with Gasteiger partial charge in [0.25, 0.3) is 0 Å². The average Bonchev–Trinajstić information content (AvgIpc) is 2.48. The van der Waals surface area contributed by atoms with Gasteiger partial charge in [0, 0.05) is 0 Å². The van der Waals surface area contributed by atoms with E-state index in [9.17, 15) is 19.6 Å². The topological polar surface area (TPSA) is 105 Å². The number of aliphatic carboxylic acids is 1. The van der Waals surface area contributed by atoms with Crippen LogP contribution in [0.5, 0.6) is 0 Å². The fourth-order valence-electron chi connectivity index (χ4n) is 1.91. The molecule has 2 atom stereocenters. The summed E-state index contributed by atoms with van der Waals surface area (Å²) in [4.78, 5) is 11.4. The predicted octanol–water partition coefficient (Wildman–Crippen LogP) is 1.99. The van der Waals surface area contributed by atoms with E-state index in [1.165, 1.54) is 0 Å². The molecule has 0 saturated carbocycles. The van der Waals surface area contributed by atoms with E-state index in [-0.39, 0.29) is 19.5 Å². The summed E-state index contributed by atoms with van der Waals surface area (Å²) in [7, 11) is -3.43. The SMILES string of the molecule is CCOP(=O)(CN[C@H](C(=O)O)C(O)c1ccccc1)OCC. The number of benzene rings is 1. The summed E-state index contributed by atoms with van der Waals surface area (Å²) in [5, 5.41) is 22.0. The van der Waals surface area contributed by atoms with Crippen LogP contribution < -0.4 is 5.32 Å². The Morgan fingerprint density at radius 2 is 1.77 bits per heavy atom.